The Bertz CT molecular complexity index is 528. The zero-order chi connectivity index (χ0) is 16.5. The first-order valence-electron chi connectivity index (χ1n) is 8.11. The fourth-order valence-electron chi connectivity index (χ4n) is 2.53. The number of nitrogens with one attached hydrogen (secondary N) is 2. The lowest BCUT2D eigenvalue weighted by Crippen LogP contribution is -2.37. The normalized spacial score (nSPS) is 15.2. The molecule has 1 fully saturated rings. The summed E-state index contributed by atoms with van der Waals surface area (Å²) in [5.41, 5.74) is 1.20. The molecular formula is C17H25N3O3. The van der Waals surface area contributed by atoms with Gasteiger partial charge in [-0.2, -0.15) is 0 Å². The highest BCUT2D eigenvalue weighted by Crippen LogP contribution is 2.10. The number of amides is 2. The molecule has 0 bridgehead atoms. The molecular weight excluding hydrogens is 294 g/mol. The minimum Gasteiger partial charge on any atom is -0.379 e. The molecule has 0 atom stereocenters. The molecule has 2 rings (SSSR count). The van der Waals surface area contributed by atoms with Crippen LogP contribution in [0.2, 0.25) is 0 Å². The van der Waals surface area contributed by atoms with Crippen molar-refractivity contribution in [2.75, 3.05) is 44.7 Å². The maximum Gasteiger partial charge on any atom is 0.251 e. The maximum absolute atomic E-state index is 12.1. The summed E-state index contributed by atoms with van der Waals surface area (Å²) < 4.78 is 5.32. The molecule has 6 nitrogen and oxygen atoms in total. The van der Waals surface area contributed by atoms with Gasteiger partial charge in [0.1, 0.15) is 0 Å². The van der Waals surface area contributed by atoms with Crippen molar-refractivity contribution in [2.24, 2.45) is 0 Å². The molecule has 1 heterocycles. The Hall–Kier alpha value is -1.92. The summed E-state index contributed by atoms with van der Waals surface area (Å²) >= 11 is 0. The molecule has 0 saturated carbocycles. The molecule has 1 saturated heterocycles. The van der Waals surface area contributed by atoms with Gasteiger partial charge in [0.05, 0.1) is 13.2 Å². The fourth-order valence-corrected chi connectivity index (χ4v) is 2.53. The summed E-state index contributed by atoms with van der Waals surface area (Å²) in [6.07, 6.45) is 2.01. The first-order valence-corrected chi connectivity index (χ1v) is 8.11. The topological polar surface area (TPSA) is 70.7 Å². The van der Waals surface area contributed by atoms with Crippen LogP contribution in [0.5, 0.6) is 0 Å². The summed E-state index contributed by atoms with van der Waals surface area (Å²) in [6, 6.07) is 6.96. The van der Waals surface area contributed by atoms with E-state index in [1.165, 1.54) is 6.92 Å². The lowest BCUT2D eigenvalue weighted by atomic mass is 10.2. The van der Waals surface area contributed by atoms with E-state index in [2.05, 4.69) is 15.5 Å². The average molecular weight is 319 g/mol. The van der Waals surface area contributed by atoms with Crippen LogP contribution in [0.3, 0.4) is 0 Å². The smallest absolute Gasteiger partial charge is 0.251 e. The van der Waals surface area contributed by atoms with Gasteiger partial charge >= 0.3 is 0 Å². The van der Waals surface area contributed by atoms with Gasteiger partial charge in [0, 0.05) is 37.8 Å². The molecule has 6 heteroatoms. The maximum atomic E-state index is 12.1. The molecule has 2 N–H and O–H groups in total. The number of hydrogen-bond donors (Lipinski definition) is 2. The molecule has 1 aromatic rings. The number of carbonyl (C=O) groups excluding carboxylic acids is 2. The van der Waals surface area contributed by atoms with E-state index in [-0.39, 0.29) is 11.8 Å². The molecule has 1 aliphatic heterocycles. The van der Waals surface area contributed by atoms with Crippen LogP contribution < -0.4 is 10.6 Å². The van der Waals surface area contributed by atoms with E-state index in [0.29, 0.717) is 17.8 Å². The predicted molar refractivity (Wildman–Crippen MR) is 89.6 cm³/mol. The third kappa shape index (κ3) is 6.38. The summed E-state index contributed by atoms with van der Waals surface area (Å²) in [5, 5.41) is 5.60. The minimum atomic E-state index is -0.148. The van der Waals surface area contributed by atoms with Crippen molar-refractivity contribution in [3.63, 3.8) is 0 Å². The lowest BCUT2D eigenvalue weighted by Gasteiger charge is -2.26. The Morgan fingerprint density at radius 2 is 2.00 bits per heavy atom. The van der Waals surface area contributed by atoms with E-state index >= 15 is 0 Å². The largest absolute Gasteiger partial charge is 0.379 e. The van der Waals surface area contributed by atoms with Crippen molar-refractivity contribution in [2.45, 2.75) is 19.8 Å². The van der Waals surface area contributed by atoms with Crippen molar-refractivity contribution in [1.82, 2.24) is 10.2 Å². The molecule has 0 aliphatic carbocycles. The van der Waals surface area contributed by atoms with E-state index < -0.39 is 0 Å². The zero-order valence-corrected chi connectivity index (χ0v) is 13.6. The van der Waals surface area contributed by atoms with Crippen LogP contribution in [0.25, 0.3) is 0 Å². The van der Waals surface area contributed by atoms with Crippen molar-refractivity contribution in [3.8, 4) is 0 Å². The van der Waals surface area contributed by atoms with E-state index in [4.69, 9.17) is 4.74 Å². The van der Waals surface area contributed by atoms with Gasteiger partial charge in [0.2, 0.25) is 5.91 Å². The number of rotatable bonds is 7. The van der Waals surface area contributed by atoms with Crippen LogP contribution >= 0.6 is 0 Å². The van der Waals surface area contributed by atoms with Crippen LogP contribution in [0.1, 0.15) is 30.1 Å². The van der Waals surface area contributed by atoms with Gasteiger partial charge in [-0.25, -0.2) is 0 Å². The molecule has 0 spiro atoms. The number of benzene rings is 1. The number of ether oxygens (including phenoxy) is 1. The van der Waals surface area contributed by atoms with E-state index in [0.717, 1.165) is 45.7 Å². The highest BCUT2D eigenvalue weighted by molar-refractivity contribution is 5.96. The summed E-state index contributed by atoms with van der Waals surface area (Å²) in [6.45, 7) is 6.80. The second-order valence-corrected chi connectivity index (χ2v) is 5.68. The Labute approximate surface area is 137 Å². The molecule has 1 aromatic carbocycles. The third-order valence-electron chi connectivity index (χ3n) is 3.74. The van der Waals surface area contributed by atoms with E-state index in [1.54, 1.807) is 24.3 Å². The number of morpholine rings is 1. The summed E-state index contributed by atoms with van der Waals surface area (Å²) in [7, 11) is 0. The quantitative estimate of drug-likeness (QED) is 0.747. The van der Waals surface area contributed by atoms with Gasteiger partial charge in [0.25, 0.3) is 5.91 Å². The van der Waals surface area contributed by atoms with Crippen molar-refractivity contribution in [3.05, 3.63) is 29.8 Å². The van der Waals surface area contributed by atoms with Crippen molar-refractivity contribution >= 4 is 17.5 Å². The number of carbonyl (C=O) groups is 2. The summed E-state index contributed by atoms with van der Waals surface area (Å²) in [5.74, 6) is -0.255. The van der Waals surface area contributed by atoms with Crippen LogP contribution in [-0.4, -0.2) is 56.1 Å². The Balaban J connectivity index is 1.67. The molecule has 23 heavy (non-hydrogen) atoms. The van der Waals surface area contributed by atoms with Gasteiger partial charge in [-0.3, -0.25) is 14.5 Å². The van der Waals surface area contributed by atoms with Gasteiger partial charge in [-0.1, -0.05) is 6.07 Å². The van der Waals surface area contributed by atoms with Crippen LogP contribution in [0.4, 0.5) is 5.69 Å². The number of nitrogens with zero attached hydrogens (tertiary/aromatic N) is 1. The van der Waals surface area contributed by atoms with Crippen molar-refractivity contribution < 1.29 is 14.3 Å². The SMILES string of the molecule is CC(=O)Nc1cccc(C(=O)NCCCCN2CCOCC2)c1. The first kappa shape index (κ1) is 17.4. The molecule has 0 aromatic heterocycles. The standard InChI is InChI=1S/C17H25N3O3/c1-14(21)19-16-6-4-5-15(13-16)17(22)18-7-2-3-8-20-9-11-23-12-10-20/h4-6,13H,2-3,7-12H2,1H3,(H,18,22)(H,19,21). The monoisotopic (exact) mass is 319 g/mol. The Morgan fingerprint density at radius 3 is 2.74 bits per heavy atom. The second-order valence-electron chi connectivity index (χ2n) is 5.68. The Morgan fingerprint density at radius 1 is 1.22 bits per heavy atom. The van der Waals surface area contributed by atoms with Crippen LogP contribution in [0, 0.1) is 0 Å². The van der Waals surface area contributed by atoms with E-state index in [9.17, 15) is 9.59 Å². The fraction of sp³-hybridized carbons (Fsp3) is 0.529. The van der Waals surface area contributed by atoms with Gasteiger partial charge in [-0.15, -0.1) is 0 Å². The second kappa shape index (κ2) is 9.27. The zero-order valence-electron chi connectivity index (χ0n) is 13.6. The molecule has 0 radical (unpaired) electrons. The van der Waals surface area contributed by atoms with E-state index in [1.807, 2.05) is 0 Å². The average Bonchev–Trinajstić information content (AvgIpc) is 2.55. The first-order chi connectivity index (χ1) is 11.1. The Kier molecular flexibility index (Phi) is 7.03. The highest BCUT2D eigenvalue weighted by atomic mass is 16.5. The number of anilines is 1. The van der Waals surface area contributed by atoms with Crippen LogP contribution in [0.15, 0.2) is 24.3 Å². The molecule has 2 amide bonds. The van der Waals surface area contributed by atoms with Crippen LogP contribution in [-0.2, 0) is 9.53 Å². The molecule has 126 valence electrons. The number of hydrogen-bond acceptors (Lipinski definition) is 4. The third-order valence-corrected chi connectivity index (χ3v) is 3.74. The van der Waals surface area contributed by atoms with Gasteiger partial charge in [0.15, 0.2) is 0 Å². The predicted octanol–water partition coefficient (Wildman–Crippen LogP) is 1.49. The molecule has 1 aliphatic rings. The lowest BCUT2D eigenvalue weighted by molar-refractivity contribution is -0.114. The highest BCUT2D eigenvalue weighted by Gasteiger charge is 2.10. The minimum absolute atomic E-state index is 0.108. The van der Waals surface area contributed by atoms with Gasteiger partial charge in [-0.05, 0) is 37.6 Å². The number of unbranched alkanes of at least 4 members (excludes halogenated alkanes) is 1. The van der Waals surface area contributed by atoms with Gasteiger partial charge < -0.3 is 15.4 Å². The summed E-state index contributed by atoms with van der Waals surface area (Å²) in [4.78, 5) is 25.5. The van der Waals surface area contributed by atoms with Crippen molar-refractivity contribution in [1.29, 1.82) is 0 Å². The molecule has 0 unspecified atom stereocenters.